The highest BCUT2D eigenvalue weighted by Crippen LogP contribution is 2.38. The van der Waals surface area contributed by atoms with Crippen LogP contribution in [0.15, 0.2) is 34.8 Å². The molecule has 118 valence electrons. The normalized spacial score (nSPS) is 14.6. The van der Waals surface area contributed by atoms with Gasteiger partial charge in [-0.2, -0.15) is 0 Å². The Labute approximate surface area is 147 Å². The molecule has 1 N–H and O–H groups in total. The lowest BCUT2D eigenvalue weighted by atomic mass is 10.0. The third-order valence-corrected chi connectivity index (χ3v) is 4.49. The molecule has 1 amide bonds. The highest BCUT2D eigenvalue weighted by atomic mass is 79.9. The number of anilines is 1. The molecule has 1 aliphatic heterocycles. The second-order valence-corrected chi connectivity index (χ2v) is 6.22. The molecular weight excluding hydrogens is 382 g/mol. The van der Waals surface area contributed by atoms with Crippen LogP contribution in [0.2, 0.25) is 5.02 Å². The van der Waals surface area contributed by atoms with E-state index in [4.69, 9.17) is 21.1 Å². The maximum absolute atomic E-state index is 12.2. The van der Waals surface area contributed by atoms with Gasteiger partial charge in [0.05, 0.1) is 14.2 Å². The van der Waals surface area contributed by atoms with Crippen LogP contribution in [-0.4, -0.2) is 20.1 Å². The van der Waals surface area contributed by atoms with Crippen LogP contribution in [0.25, 0.3) is 11.6 Å². The molecule has 2 aromatic rings. The van der Waals surface area contributed by atoms with E-state index >= 15 is 0 Å². The monoisotopic (exact) mass is 393 g/mol. The van der Waals surface area contributed by atoms with Crippen molar-refractivity contribution in [1.82, 2.24) is 0 Å². The third kappa shape index (κ3) is 2.94. The number of fused-ring (bicyclic) bond motifs is 1. The number of hydrogen-bond donors (Lipinski definition) is 1. The van der Waals surface area contributed by atoms with Crippen LogP contribution in [-0.2, 0) is 4.79 Å². The van der Waals surface area contributed by atoms with Crippen LogP contribution < -0.4 is 14.8 Å². The van der Waals surface area contributed by atoms with Gasteiger partial charge in [0.2, 0.25) is 0 Å². The van der Waals surface area contributed by atoms with Gasteiger partial charge in [-0.1, -0.05) is 27.5 Å². The van der Waals surface area contributed by atoms with E-state index in [1.54, 1.807) is 44.6 Å². The Balaban J connectivity index is 2.13. The first kappa shape index (κ1) is 15.9. The lowest BCUT2D eigenvalue weighted by Gasteiger charge is -2.10. The molecule has 0 bridgehead atoms. The lowest BCUT2D eigenvalue weighted by Crippen LogP contribution is -2.03. The van der Waals surface area contributed by atoms with E-state index in [1.165, 1.54) is 0 Å². The average molecular weight is 395 g/mol. The summed E-state index contributed by atoms with van der Waals surface area (Å²) in [6, 6.07) is 8.92. The van der Waals surface area contributed by atoms with Crippen molar-refractivity contribution in [3.63, 3.8) is 0 Å². The summed E-state index contributed by atoms with van der Waals surface area (Å²) in [7, 11) is 3.14. The van der Waals surface area contributed by atoms with Crippen LogP contribution in [0.5, 0.6) is 11.5 Å². The molecule has 6 heteroatoms. The molecule has 23 heavy (non-hydrogen) atoms. The molecule has 0 saturated heterocycles. The number of ether oxygens (including phenoxy) is 2. The predicted octanol–water partition coefficient (Wildman–Crippen LogP) is 4.61. The quantitative estimate of drug-likeness (QED) is 0.773. The van der Waals surface area contributed by atoms with E-state index in [9.17, 15) is 4.79 Å². The maximum Gasteiger partial charge on any atom is 0.256 e. The summed E-state index contributed by atoms with van der Waals surface area (Å²) in [5.41, 5.74) is 2.89. The summed E-state index contributed by atoms with van der Waals surface area (Å²) in [5.74, 6) is 1.04. The summed E-state index contributed by atoms with van der Waals surface area (Å²) in [6.45, 7) is 0. The molecule has 0 aliphatic carbocycles. The minimum atomic E-state index is -0.163. The van der Waals surface area contributed by atoms with Crippen molar-refractivity contribution < 1.29 is 14.3 Å². The first-order chi connectivity index (χ1) is 11.0. The topological polar surface area (TPSA) is 47.6 Å². The Morgan fingerprint density at radius 1 is 1.13 bits per heavy atom. The number of carbonyl (C=O) groups is 1. The van der Waals surface area contributed by atoms with Gasteiger partial charge in [-0.15, -0.1) is 0 Å². The van der Waals surface area contributed by atoms with E-state index in [-0.39, 0.29) is 5.91 Å². The van der Waals surface area contributed by atoms with E-state index in [0.29, 0.717) is 22.1 Å². The Bertz CT molecular complexity index is 833. The fourth-order valence-corrected chi connectivity index (χ4v) is 3.05. The Kier molecular flexibility index (Phi) is 4.33. The predicted molar refractivity (Wildman–Crippen MR) is 95.2 cm³/mol. The van der Waals surface area contributed by atoms with Gasteiger partial charge in [0.15, 0.2) is 11.5 Å². The fourth-order valence-electron chi connectivity index (χ4n) is 2.44. The van der Waals surface area contributed by atoms with Crippen LogP contribution in [0.1, 0.15) is 11.1 Å². The van der Waals surface area contributed by atoms with Gasteiger partial charge < -0.3 is 14.8 Å². The molecule has 0 atom stereocenters. The smallest absolute Gasteiger partial charge is 0.256 e. The van der Waals surface area contributed by atoms with Crippen molar-refractivity contribution >= 4 is 50.8 Å². The molecular formula is C17H13BrClNO3. The Morgan fingerprint density at radius 3 is 2.52 bits per heavy atom. The van der Waals surface area contributed by atoms with E-state index in [2.05, 4.69) is 21.2 Å². The number of rotatable bonds is 3. The Hall–Kier alpha value is -1.98. The van der Waals surface area contributed by atoms with Crippen LogP contribution in [0.4, 0.5) is 5.69 Å². The molecule has 0 radical (unpaired) electrons. The lowest BCUT2D eigenvalue weighted by molar-refractivity contribution is -0.110. The number of benzene rings is 2. The molecule has 0 fully saturated rings. The van der Waals surface area contributed by atoms with Crippen molar-refractivity contribution in [1.29, 1.82) is 0 Å². The Morgan fingerprint density at radius 2 is 1.83 bits per heavy atom. The largest absolute Gasteiger partial charge is 0.493 e. The van der Waals surface area contributed by atoms with Crippen molar-refractivity contribution in [2.24, 2.45) is 0 Å². The van der Waals surface area contributed by atoms with Gasteiger partial charge in [-0.25, -0.2) is 0 Å². The zero-order valence-electron chi connectivity index (χ0n) is 12.4. The van der Waals surface area contributed by atoms with E-state index in [0.717, 1.165) is 21.3 Å². The molecule has 2 aromatic carbocycles. The van der Waals surface area contributed by atoms with E-state index in [1.807, 2.05) is 6.07 Å². The summed E-state index contributed by atoms with van der Waals surface area (Å²) < 4.78 is 11.4. The number of methoxy groups -OCH3 is 2. The number of nitrogens with one attached hydrogen (secondary N) is 1. The zero-order valence-corrected chi connectivity index (χ0v) is 14.8. The second-order valence-electron chi connectivity index (χ2n) is 4.93. The molecule has 0 saturated carbocycles. The standard InChI is InChI=1S/C17H13BrClNO3/c1-22-15-6-9(13(18)8-16(15)23-2)5-12-11-7-10(19)3-4-14(11)20-17(12)21/h3-8H,1-2H3,(H,20,21). The molecule has 3 rings (SSSR count). The number of halogens is 2. The molecule has 4 nitrogen and oxygen atoms in total. The van der Waals surface area contributed by atoms with Crippen LogP contribution >= 0.6 is 27.5 Å². The molecule has 1 aliphatic rings. The van der Waals surface area contributed by atoms with Crippen molar-refractivity contribution in [3.05, 3.63) is 51.0 Å². The van der Waals surface area contributed by atoms with Gasteiger partial charge in [0.1, 0.15) is 0 Å². The summed E-state index contributed by atoms with van der Waals surface area (Å²) in [6.07, 6.45) is 1.80. The van der Waals surface area contributed by atoms with Gasteiger partial charge >= 0.3 is 0 Å². The van der Waals surface area contributed by atoms with Gasteiger partial charge in [0, 0.05) is 26.3 Å². The first-order valence-electron chi connectivity index (χ1n) is 6.78. The minimum Gasteiger partial charge on any atom is -0.493 e. The highest BCUT2D eigenvalue weighted by Gasteiger charge is 2.24. The first-order valence-corrected chi connectivity index (χ1v) is 7.95. The van der Waals surface area contributed by atoms with Gasteiger partial charge in [-0.05, 0) is 42.0 Å². The molecule has 0 spiro atoms. The van der Waals surface area contributed by atoms with Crippen LogP contribution in [0, 0.1) is 0 Å². The molecule has 1 heterocycles. The number of amides is 1. The van der Waals surface area contributed by atoms with Crippen LogP contribution in [0.3, 0.4) is 0 Å². The molecule has 0 aromatic heterocycles. The third-order valence-electron chi connectivity index (χ3n) is 3.57. The van der Waals surface area contributed by atoms with Crippen molar-refractivity contribution in [2.75, 3.05) is 19.5 Å². The SMILES string of the molecule is COc1cc(Br)c(C=C2C(=O)Nc3ccc(Cl)cc32)cc1OC. The summed E-state index contributed by atoms with van der Waals surface area (Å²) in [4.78, 5) is 12.2. The van der Waals surface area contributed by atoms with Crippen molar-refractivity contribution in [3.8, 4) is 11.5 Å². The van der Waals surface area contributed by atoms with Gasteiger partial charge in [0.25, 0.3) is 5.91 Å². The van der Waals surface area contributed by atoms with Gasteiger partial charge in [-0.3, -0.25) is 4.79 Å². The summed E-state index contributed by atoms with van der Waals surface area (Å²) >= 11 is 9.54. The van der Waals surface area contributed by atoms with E-state index < -0.39 is 0 Å². The summed E-state index contributed by atoms with van der Waals surface area (Å²) in [5, 5.41) is 3.41. The average Bonchev–Trinajstić information content (AvgIpc) is 2.84. The highest BCUT2D eigenvalue weighted by molar-refractivity contribution is 9.10. The number of carbonyl (C=O) groups excluding carboxylic acids is 1. The molecule has 0 unspecified atom stereocenters. The second kappa shape index (κ2) is 6.26. The fraction of sp³-hybridized carbons (Fsp3) is 0.118. The van der Waals surface area contributed by atoms with Crippen molar-refractivity contribution in [2.45, 2.75) is 0 Å². The maximum atomic E-state index is 12.2. The number of hydrogen-bond acceptors (Lipinski definition) is 3. The zero-order chi connectivity index (χ0) is 16.6. The minimum absolute atomic E-state index is 0.163.